The van der Waals surface area contributed by atoms with E-state index in [0.29, 0.717) is 0 Å². The summed E-state index contributed by atoms with van der Waals surface area (Å²) in [5.74, 6) is 0. The molecule has 0 fully saturated rings. The molecular weight excluding hydrogens is 641 g/mol. The Morgan fingerprint density at radius 1 is 0.358 bits per heavy atom. The molecule has 2 nitrogen and oxygen atoms in total. The maximum Gasteiger partial charge on any atom is 0.130 e. The van der Waals surface area contributed by atoms with Gasteiger partial charge in [-0.05, 0) is 102 Å². The van der Waals surface area contributed by atoms with E-state index in [-0.39, 0.29) is 6.17 Å². The number of benzene rings is 9. The van der Waals surface area contributed by atoms with E-state index in [9.17, 15) is 0 Å². The smallest absolute Gasteiger partial charge is 0.130 e. The van der Waals surface area contributed by atoms with Crippen molar-refractivity contribution in [3.8, 4) is 44.5 Å². The molecule has 0 spiro atoms. The highest BCUT2D eigenvalue weighted by atomic mass is 15.3. The lowest BCUT2D eigenvalue weighted by Gasteiger charge is -2.28. The number of anilines is 3. The first-order valence-corrected chi connectivity index (χ1v) is 18.3. The Balaban J connectivity index is 1.17. The van der Waals surface area contributed by atoms with Crippen LogP contribution in [0, 0.1) is 0 Å². The molecule has 1 aliphatic rings. The van der Waals surface area contributed by atoms with Crippen molar-refractivity contribution in [1.82, 2.24) is 0 Å². The summed E-state index contributed by atoms with van der Waals surface area (Å²) >= 11 is 0. The number of nitrogens with zero attached hydrogens (tertiary/aromatic N) is 1. The number of fused-ring (bicyclic) bond motifs is 3. The third-order valence-corrected chi connectivity index (χ3v) is 10.7. The molecule has 1 N–H and O–H groups in total. The van der Waals surface area contributed by atoms with E-state index in [0.717, 1.165) is 11.4 Å². The van der Waals surface area contributed by atoms with Gasteiger partial charge in [0.25, 0.3) is 0 Å². The molecule has 1 unspecified atom stereocenters. The zero-order valence-corrected chi connectivity index (χ0v) is 29.2. The molecule has 1 aliphatic heterocycles. The van der Waals surface area contributed by atoms with E-state index in [4.69, 9.17) is 0 Å². The third-order valence-electron chi connectivity index (χ3n) is 10.7. The van der Waals surface area contributed by atoms with E-state index in [1.807, 2.05) is 0 Å². The van der Waals surface area contributed by atoms with Gasteiger partial charge < -0.3 is 10.2 Å². The van der Waals surface area contributed by atoms with Gasteiger partial charge in [-0.1, -0.05) is 176 Å². The molecule has 9 aromatic rings. The van der Waals surface area contributed by atoms with Crippen molar-refractivity contribution >= 4 is 38.6 Å². The number of nitrogens with one attached hydrogen (secondary N) is 1. The topological polar surface area (TPSA) is 15.3 Å². The molecule has 1 heterocycles. The van der Waals surface area contributed by atoms with E-state index >= 15 is 0 Å². The highest BCUT2D eigenvalue weighted by Gasteiger charge is 2.31. The van der Waals surface area contributed by atoms with Gasteiger partial charge in [0.15, 0.2) is 0 Å². The SMILES string of the molecule is c1ccc(-c2ccc(-c3ccccc3)c(-c3c4ccccc4c(-c4ccc(N5c6ccccc6NC5c5ccccc5)cc4)c4ccccc34)c2)cc1. The van der Waals surface area contributed by atoms with Crippen LogP contribution in [-0.2, 0) is 0 Å². The summed E-state index contributed by atoms with van der Waals surface area (Å²) in [7, 11) is 0. The quantitative estimate of drug-likeness (QED) is 0.176. The monoisotopic (exact) mass is 676 g/mol. The van der Waals surface area contributed by atoms with E-state index in [2.05, 4.69) is 216 Å². The summed E-state index contributed by atoms with van der Waals surface area (Å²) in [6, 6.07) is 74.8. The lowest BCUT2D eigenvalue weighted by Crippen LogP contribution is -2.23. The second-order valence-corrected chi connectivity index (χ2v) is 13.7. The second-order valence-electron chi connectivity index (χ2n) is 13.7. The molecule has 10 rings (SSSR count). The summed E-state index contributed by atoms with van der Waals surface area (Å²) in [5, 5.41) is 8.75. The standard InChI is InChI=1S/C51H36N2/c1-4-16-35(17-5-1)39-30-33-41(36-18-6-2-7-19-36)46(34-39)50-44-24-12-10-22-42(44)49(43-23-11-13-25-45(43)50)37-28-31-40(32-29-37)53-48-27-15-14-26-47(48)52-51(53)38-20-8-3-9-21-38/h1-34,51-52H. The van der Waals surface area contributed by atoms with Crippen molar-refractivity contribution in [3.05, 3.63) is 212 Å². The molecule has 0 amide bonds. The van der Waals surface area contributed by atoms with Gasteiger partial charge in [0, 0.05) is 5.69 Å². The van der Waals surface area contributed by atoms with Gasteiger partial charge in [-0.25, -0.2) is 0 Å². The molecule has 0 saturated heterocycles. The molecule has 0 saturated carbocycles. The largest absolute Gasteiger partial charge is 0.359 e. The van der Waals surface area contributed by atoms with E-state index in [1.165, 1.54) is 77.3 Å². The number of hydrogen-bond donors (Lipinski definition) is 1. The number of para-hydroxylation sites is 2. The van der Waals surface area contributed by atoms with Crippen molar-refractivity contribution in [2.75, 3.05) is 10.2 Å². The van der Waals surface area contributed by atoms with Gasteiger partial charge >= 0.3 is 0 Å². The Hall–Kier alpha value is -6.90. The maximum atomic E-state index is 3.77. The van der Waals surface area contributed by atoms with Crippen molar-refractivity contribution in [3.63, 3.8) is 0 Å². The Bertz CT molecular complexity index is 2680. The number of rotatable bonds is 6. The predicted molar refractivity (Wildman–Crippen MR) is 225 cm³/mol. The molecular formula is C51H36N2. The van der Waals surface area contributed by atoms with Crippen LogP contribution in [0.2, 0.25) is 0 Å². The predicted octanol–water partition coefficient (Wildman–Crippen LogP) is 13.9. The molecule has 53 heavy (non-hydrogen) atoms. The van der Waals surface area contributed by atoms with E-state index < -0.39 is 0 Å². The van der Waals surface area contributed by atoms with E-state index in [1.54, 1.807) is 0 Å². The first-order chi connectivity index (χ1) is 26.3. The summed E-state index contributed by atoms with van der Waals surface area (Å²) < 4.78 is 0. The van der Waals surface area contributed by atoms with Crippen LogP contribution in [0.5, 0.6) is 0 Å². The van der Waals surface area contributed by atoms with Gasteiger partial charge in [-0.3, -0.25) is 0 Å². The molecule has 0 aromatic heterocycles. The summed E-state index contributed by atoms with van der Waals surface area (Å²) in [5.41, 5.74) is 14.5. The molecule has 2 heteroatoms. The van der Waals surface area contributed by atoms with Crippen molar-refractivity contribution in [1.29, 1.82) is 0 Å². The third kappa shape index (κ3) is 5.35. The number of hydrogen-bond acceptors (Lipinski definition) is 2. The normalized spacial score (nSPS) is 13.6. The van der Waals surface area contributed by atoms with Gasteiger partial charge in [0.05, 0.1) is 11.4 Å². The molecule has 0 aliphatic carbocycles. The summed E-state index contributed by atoms with van der Waals surface area (Å²) in [6.45, 7) is 0. The fraction of sp³-hybridized carbons (Fsp3) is 0.0196. The van der Waals surface area contributed by atoms with Crippen LogP contribution in [-0.4, -0.2) is 0 Å². The van der Waals surface area contributed by atoms with Crippen LogP contribution >= 0.6 is 0 Å². The first-order valence-electron chi connectivity index (χ1n) is 18.3. The minimum Gasteiger partial charge on any atom is -0.359 e. The van der Waals surface area contributed by atoms with Crippen molar-refractivity contribution < 1.29 is 0 Å². The Labute approximate surface area is 310 Å². The summed E-state index contributed by atoms with van der Waals surface area (Å²) in [6.07, 6.45) is 0.00542. The molecule has 250 valence electrons. The minimum absolute atomic E-state index is 0.00542. The lowest BCUT2D eigenvalue weighted by atomic mass is 9.83. The zero-order valence-electron chi connectivity index (χ0n) is 29.2. The van der Waals surface area contributed by atoms with Crippen LogP contribution in [0.15, 0.2) is 206 Å². The lowest BCUT2D eigenvalue weighted by molar-refractivity contribution is 0.828. The minimum atomic E-state index is 0.00542. The highest BCUT2D eigenvalue weighted by molar-refractivity contribution is 6.22. The van der Waals surface area contributed by atoms with Crippen LogP contribution < -0.4 is 10.2 Å². The molecule has 0 bridgehead atoms. The average molecular weight is 677 g/mol. The van der Waals surface area contributed by atoms with Gasteiger partial charge in [0.2, 0.25) is 0 Å². The fourth-order valence-electron chi connectivity index (χ4n) is 8.26. The van der Waals surface area contributed by atoms with Crippen molar-refractivity contribution in [2.45, 2.75) is 6.17 Å². The Morgan fingerprint density at radius 2 is 0.868 bits per heavy atom. The summed E-state index contributed by atoms with van der Waals surface area (Å²) in [4.78, 5) is 2.42. The molecule has 0 radical (unpaired) electrons. The van der Waals surface area contributed by atoms with Gasteiger partial charge in [0.1, 0.15) is 6.17 Å². The molecule has 1 atom stereocenters. The van der Waals surface area contributed by atoms with Crippen LogP contribution in [0.1, 0.15) is 11.7 Å². The van der Waals surface area contributed by atoms with Gasteiger partial charge in [-0.15, -0.1) is 0 Å². The second kappa shape index (κ2) is 13.0. The van der Waals surface area contributed by atoms with Crippen molar-refractivity contribution in [2.24, 2.45) is 0 Å². The maximum absolute atomic E-state index is 3.77. The van der Waals surface area contributed by atoms with Gasteiger partial charge in [-0.2, -0.15) is 0 Å². The van der Waals surface area contributed by atoms with Crippen LogP contribution in [0.25, 0.3) is 66.1 Å². The van der Waals surface area contributed by atoms with Crippen LogP contribution in [0.4, 0.5) is 17.1 Å². The van der Waals surface area contributed by atoms with Crippen LogP contribution in [0.3, 0.4) is 0 Å². The average Bonchev–Trinajstić information content (AvgIpc) is 3.63. The zero-order chi connectivity index (χ0) is 35.1. The fourth-order valence-corrected chi connectivity index (χ4v) is 8.26. The Kier molecular flexibility index (Phi) is 7.58. The highest BCUT2D eigenvalue weighted by Crippen LogP contribution is 2.49. The molecule has 9 aromatic carbocycles. The first kappa shape index (κ1) is 30.9. The Morgan fingerprint density at radius 3 is 1.51 bits per heavy atom.